The Morgan fingerprint density at radius 3 is 2.88 bits per heavy atom. The quantitative estimate of drug-likeness (QED) is 0.356. The first-order valence-electron chi connectivity index (χ1n) is 5.26. The number of amidine groups is 1. The lowest BCUT2D eigenvalue weighted by molar-refractivity contribution is 0.0783. The Bertz CT molecular complexity index is 416. The number of carbonyl (C=O) groups is 1. The third-order valence-electron chi connectivity index (χ3n) is 2.09. The summed E-state index contributed by atoms with van der Waals surface area (Å²) in [6.45, 7) is 4.49. The summed E-state index contributed by atoms with van der Waals surface area (Å²) >= 11 is 1.34. The lowest BCUT2D eigenvalue weighted by Crippen LogP contribution is -2.38. The Labute approximate surface area is 104 Å². The number of hydrogen-bond acceptors (Lipinski definition) is 5. The molecule has 94 valence electrons. The van der Waals surface area contributed by atoms with Crippen LogP contribution in [0.5, 0.6) is 0 Å². The molecule has 1 amide bonds. The predicted octanol–water partition coefficient (Wildman–Crippen LogP) is 1.05. The van der Waals surface area contributed by atoms with Gasteiger partial charge in [0.2, 0.25) is 0 Å². The standard InChI is InChI=1S/C10H16N4O2S/c1-3-4-14(6-9(11)13-16)10(15)8-5-12-7(2)17-8/h5,16H,3-4,6H2,1-2H3,(H2,11,13). The van der Waals surface area contributed by atoms with E-state index in [0.717, 1.165) is 11.4 Å². The second kappa shape index (κ2) is 6.19. The van der Waals surface area contributed by atoms with Crippen LogP contribution in [0.4, 0.5) is 0 Å². The number of amides is 1. The van der Waals surface area contributed by atoms with Crippen LogP contribution in [0.2, 0.25) is 0 Å². The first-order chi connectivity index (χ1) is 8.08. The highest BCUT2D eigenvalue weighted by atomic mass is 32.1. The molecular weight excluding hydrogens is 240 g/mol. The summed E-state index contributed by atoms with van der Waals surface area (Å²) in [7, 11) is 0. The third kappa shape index (κ3) is 3.70. The van der Waals surface area contributed by atoms with Crippen LogP contribution in [0.1, 0.15) is 28.0 Å². The van der Waals surface area contributed by atoms with Crippen LogP contribution in [0.15, 0.2) is 11.4 Å². The summed E-state index contributed by atoms with van der Waals surface area (Å²) in [5, 5.41) is 12.2. The molecule has 0 unspecified atom stereocenters. The Morgan fingerprint density at radius 2 is 2.41 bits per heavy atom. The van der Waals surface area contributed by atoms with E-state index >= 15 is 0 Å². The van der Waals surface area contributed by atoms with Crippen LogP contribution in [0, 0.1) is 6.92 Å². The highest BCUT2D eigenvalue weighted by molar-refractivity contribution is 7.13. The van der Waals surface area contributed by atoms with Gasteiger partial charge >= 0.3 is 0 Å². The lowest BCUT2D eigenvalue weighted by Gasteiger charge is -2.20. The molecule has 0 atom stereocenters. The molecule has 0 saturated carbocycles. The molecule has 0 bridgehead atoms. The molecule has 17 heavy (non-hydrogen) atoms. The van der Waals surface area contributed by atoms with E-state index < -0.39 is 0 Å². The van der Waals surface area contributed by atoms with Crippen LogP contribution in [0.25, 0.3) is 0 Å². The van der Waals surface area contributed by atoms with Gasteiger partial charge in [-0.05, 0) is 13.3 Å². The lowest BCUT2D eigenvalue weighted by atomic mass is 10.3. The second-order valence-electron chi connectivity index (χ2n) is 3.56. The molecule has 0 aliphatic carbocycles. The highest BCUT2D eigenvalue weighted by Crippen LogP contribution is 2.14. The van der Waals surface area contributed by atoms with Crippen LogP contribution < -0.4 is 5.73 Å². The van der Waals surface area contributed by atoms with Crippen molar-refractivity contribution in [1.29, 1.82) is 0 Å². The van der Waals surface area contributed by atoms with Gasteiger partial charge < -0.3 is 15.8 Å². The number of nitrogens with zero attached hydrogens (tertiary/aromatic N) is 3. The van der Waals surface area contributed by atoms with Crippen LogP contribution >= 0.6 is 11.3 Å². The minimum Gasteiger partial charge on any atom is -0.409 e. The first kappa shape index (κ1) is 13.4. The predicted molar refractivity (Wildman–Crippen MR) is 66.5 cm³/mol. The van der Waals surface area contributed by atoms with E-state index in [2.05, 4.69) is 10.1 Å². The zero-order valence-electron chi connectivity index (χ0n) is 9.88. The van der Waals surface area contributed by atoms with Crippen molar-refractivity contribution in [1.82, 2.24) is 9.88 Å². The maximum atomic E-state index is 12.1. The van der Waals surface area contributed by atoms with E-state index in [-0.39, 0.29) is 18.3 Å². The molecule has 1 heterocycles. The normalized spacial score (nSPS) is 11.5. The average Bonchev–Trinajstić information content (AvgIpc) is 2.74. The van der Waals surface area contributed by atoms with Gasteiger partial charge in [0.15, 0.2) is 5.84 Å². The third-order valence-corrected chi connectivity index (χ3v) is 2.99. The summed E-state index contributed by atoms with van der Waals surface area (Å²) in [4.78, 5) is 18.3. The minimum atomic E-state index is -0.135. The van der Waals surface area contributed by atoms with Gasteiger partial charge in [-0.2, -0.15) is 0 Å². The van der Waals surface area contributed by atoms with Crippen LogP contribution in [-0.2, 0) is 0 Å². The molecule has 1 aromatic heterocycles. The van der Waals surface area contributed by atoms with Crippen molar-refractivity contribution >= 4 is 23.1 Å². The molecular formula is C10H16N4O2S. The molecule has 0 aliphatic rings. The Balaban J connectivity index is 2.80. The number of aromatic nitrogens is 1. The van der Waals surface area contributed by atoms with E-state index in [1.807, 2.05) is 13.8 Å². The van der Waals surface area contributed by atoms with E-state index in [1.54, 1.807) is 11.1 Å². The van der Waals surface area contributed by atoms with Crippen molar-refractivity contribution in [2.45, 2.75) is 20.3 Å². The van der Waals surface area contributed by atoms with Crippen molar-refractivity contribution in [2.75, 3.05) is 13.1 Å². The molecule has 6 nitrogen and oxygen atoms in total. The Kier molecular flexibility index (Phi) is 4.89. The van der Waals surface area contributed by atoms with Crippen LogP contribution in [-0.4, -0.2) is 39.9 Å². The Hall–Kier alpha value is -1.63. The molecule has 0 spiro atoms. The first-order valence-corrected chi connectivity index (χ1v) is 6.08. The topological polar surface area (TPSA) is 91.8 Å². The molecule has 0 aromatic carbocycles. The fourth-order valence-corrected chi connectivity index (χ4v) is 2.11. The fraction of sp³-hybridized carbons (Fsp3) is 0.500. The van der Waals surface area contributed by atoms with E-state index in [0.29, 0.717) is 11.4 Å². The molecule has 7 heteroatoms. The zero-order valence-corrected chi connectivity index (χ0v) is 10.7. The number of aryl methyl sites for hydroxylation is 1. The number of oxime groups is 1. The van der Waals surface area contributed by atoms with Crippen molar-refractivity contribution in [3.63, 3.8) is 0 Å². The molecule has 0 radical (unpaired) electrons. The maximum Gasteiger partial charge on any atom is 0.265 e. The van der Waals surface area contributed by atoms with E-state index in [9.17, 15) is 4.79 Å². The minimum absolute atomic E-state index is 0.0213. The summed E-state index contributed by atoms with van der Waals surface area (Å²) in [6, 6.07) is 0. The van der Waals surface area contributed by atoms with Gasteiger partial charge in [-0.25, -0.2) is 4.98 Å². The zero-order chi connectivity index (χ0) is 12.8. The SMILES string of the molecule is CCCN(CC(N)=NO)C(=O)c1cnc(C)s1. The second-order valence-corrected chi connectivity index (χ2v) is 4.80. The molecule has 3 N–H and O–H groups in total. The number of rotatable bonds is 5. The van der Waals surface area contributed by atoms with Crippen molar-refractivity contribution in [2.24, 2.45) is 10.9 Å². The number of carbonyl (C=O) groups excluding carboxylic acids is 1. The van der Waals surface area contributed by atoms with Gasteiger partial charge in [-0.3, -0.25) is 4.79 Å². The molecule has 1 rings (SSSR count). The van der Waals surface area contributed by atoms with Gasteiger partial charge in [-0.1, -0.05) is 12.1 Å². The summed E-state index contributed by atoms with van der Waals surface area (Å²) in [5.74, 6) is -0.114. The molecule has 1 aromatic rings. The fourth-order valence-electron chi connectivity index (χ4n) is 1.37. The van der Waals surface area contributed by atoms with Gasteiger partial charge in [0.1, 0.15) is 4.88 Å². The number of thiazole rings is 1. The van der Waals surface area contributed by atoms with Crippen molar-refractivity contribution < 1.29 is 10.0 Å². The van der Waals surface area contributed by atoms with Crippen molar-refractivity contribution in [3.8, 4) is 0 Å². The maximum absolute atomic E-state index is 12.1. The smallest absolute Gasteiger partial charge is 0.265 e. The Morgan fingerprint density at radius 1 is 1.71 bits per heavy atom. The van der Waals surface area contributed by atoms with Gasteiger partial charge in [-0.15, -0.1) is 11.3 Å². The van der Waals surface area contributed by atoms with Crippen LogP contribution in [0.3, 0.4) is 0 Å². The summed E-state index contributed by atoms with van der Waals surface area (Å²) in [5.41, 5.74) is 5.42. The van der Waals surface area contributed by atoms with E-state index in [4.69, 9.17) is 10.9 Å². The van der Waals surface area contributed by atoms with E-state index in [1.165, 1.54) is 11.3 Å². The molecule has 0 saturated heterocycles. The highest BCUT2D eigenvalue weighted by Gasteiger charge is 2.18. The van der Waals surface area contributed by atoms with Crippen molar-refractivity contribution in [3.05, 3.63) is 16.1 Å². The van der Waals surface area contributed by atoms with Gasteiger partial charge in [0, 0.05) is 6.54 Å². The number of nitrogens with two attached hydrogens (primary N) is 1. The molecule has 0 fully saturated rings. The van der Waals surface area contributed by atoms with Gasteiger partial charge in [0.25, 0.3) is 5.91 Å². The average molecular weight is 256 g/mol. The monoisotopic (exact) mass is 256 g/mol. The van der Waals surface area contributed by atoms with Gasteiger partial charge in [0.05, 0.1) is 17.7 Å². The number of hydrogen-bond donors (Lipinski definition) is 2. The largest absolute Gasteiger partial charge is 0.409 e. The summed E-state index contributed by atoms with van der Waals surface area (Å²) in [6.07, 6.45) is 2.36. The summed E-state index contributed by atoms with van der Waals surface area (Å²) < 4.78 is 0. The molecule has 0 aliphatic heterocycles.